The van der Waals surface area contributed by atoms with E-state index in [-0.39, 0.29) is 28.0 Å². The van der Waals surface area contributed by atoms with Gasteiger partial charge >= 0.3 is 0 Å². The normalized spacial score (nSPS) is 12.0. The molecule has 2 rings (SSSR count). The van der Waals surface area contributed by atoms with Crippen LogP contribution in [0.5, 0.6) is 0 Å². The molecule has 22 heavy (non-hydrogen) atoms. The van der Waals surface area contributed by atoms with Crippen LogP contribution in [0.2, 0.25) is 0 Å². The molecule has 2 aromatic rings. The number of para-hydroxylation sites is 1. The molecule has 0 saturated heterocycles. The predicted molar refractivity (Wildman–Crippen MR) is 82.4 cm³/mol. The lowest BCUT2D eigenvalue weighted by atomic mass is 10.2. The maximum atomic E-state index is 13.6. The molecule has 0 radical (unpaired) electrons. The highest BCUT2D eigenvalue weighted by Crippen LogP contribution is 2.23. The second-order valence-electron chi connectivity index (χ2n) is 4.53. The van der Waals surface area contributed by atoms with Crippen molar-refractivity contribution < 1.29 is 9.18 Å². The molecule has 0 spiro atoms. The summed E-state index contributed by atoms with van der Waals surface area (Å²) < 4.78 is 13.6. The van der Waals surface area contributed by atoms with Crippen LogP contribution in [0.25, 0.3) is 0 Å². The summed E-state index contributed by atoms with van der Waals surface area (Å²) in [6.45, 7) is 3.36. The number of aromatic nitrogens is 3. The number of aromatic amines is 1. The summed E-state index contributed by atoms with van der Waals surface area (Å²) >= 11 is 1.08. The van der Waals surface area contributed by atoms with E-state index in [4.69, 9.17) is 0 Å². The molecule has 1 unspecified atom stereocenters. The number of nitrogens with zero attached hydrogens (tertiary/aromatic N) is 2. The van der Waals surface area contributed by atoms with Gasteiger partial charge in [0, 0.05) is 0 Å². The summed E-state index contributed by atoms with van der Waals surface area (Å²) in [7, 11) is 0. The third-order valence-electron chi connectivity index (χ3n) is 2.89. The fourth-order valence-corrected chi connectivity index (χ4v) is 2.51. The number of hydrogen-bond donors (Lipinski definition) is 2. The maximum absolute atomic E-state index is 13.6. The van der Waals surface area contributed by atoms with E-state index in [0.717, 1.165) is 11.8 Å². The van der Waals surface area contributed by atoms with Crippen molar-refractivity contribution in [3.63, 3.8) is 0 Å². The molecule has 0 bridgehead atoms. The van der Waals surface area contributed by atoms with E-state index < -0.39 is 11.1 Å². The third kappa shape index (κ3) is 3.91. The Balaban J connectivity index is 2.10. The summed E-state index contributed by atoms with van der Waals surface area (Å²) in [5.74, 6) is -0.861. The highest BCUT2D eigenvalue weighted by atomic mass is 32.2. The topological polar surface area (TPSA) is 87.7 Å². The Morgan fingerprint density at radius 2 is 2.14 bits per heavy atom. The molecule has 0 aliphatic heterocycles. The number of nitrogens with one attached hydrogen (secondary N) is 2. The first-order valence-electron chi connectivity index (χ1n) is 6.67. The van der Waals surface area contributed by atoms with Gasteiger partial charge in [-0.2, -0.15) is 0 Å². The van der Waals surface area contributed by atoms with Crippen LogP contribution in [0.3, 0.4) is 0 Å². The Morgan fingerprint density at radius 1 is 1.41 bits per heavy atom. The number of carbonyl (C=O) groups is 1. The standard InChI is InChI=1S/C14H15FN4O2S/c1-3-11(22-14-17-12(20)8(2)18-19-14)13(21)16-10-7-5-4-6-9(10)15/h4-7,11H,3H2,1-2H3,(H,16,21)(H,17,19,20). The quantitative estimate of drug-likeness (QED) is 0.823. The minimum atomic E-state index is -0.521. The van der Waals surface area contributed by atoms with Gasteiger partial charge in [-0.1, -0.05) is 30.8 Å². The Morgan fingerprint density at radius 3 is 2.77 bits per heavy atom. The van der Waals surface area contributed by atoms with Gasteiger partial charge in [-0.15, -0.1) is 10.2 Å². The average molecular weight is 322 g/mol. The summed E-state index contributed by atoms with van der Waals surface area (Å²) in [5, 5.41) is 9.82. The number of hydrogen-bond acceptors (Lipinski definition) is 5. The molecule has 0 fully saturated rings. The largest absolute Gasteiger partial charge is 0.323 e. The Labute approximate surface area is 130 Å². The SMILES string of the molecule is CCC(Sc1nnc(C)c(=O)[nH]1)C(=O)Nc1ccccc1F. The minimum Gasteiger partial charge on any atom is -0.323 e. The van der Waals surface area contributed by atoms with E-state index in [1.54, 1.807) is 19.1 Å². The molecule has 1 amide bonds. The number of thioether (sulfide) groups is 1. The van der Waals surface area contributed by atoms with Crippen LogP contribution < -0.4 is 10.9 Å². The molecule has 116 valence electrons. The number of amides is 1. The van der Waals surface area contributed by atoms with Crippen LogP contribution in [0.4, 0.5) is 10.1 Å². The molecule has 0 aliphatic rings. The van der Waals surface area contributed by atoms with Crippen molar-refractivity contribution in [3.05, 3.63) is 46.1 Å². The first-order chi connectivity index (χ1) is 10.5. The predicted octanol–water partition coefficient (Wildman–Crippen LogP) is 2.12. The second kappa shape index (κ2) is 7.17. The number of anilines is 1. The van der Waals surface area contributed by atoms with Gasteiger partial charge in [-0.3, -0.25) is 14.6 Å². The molecule has 1 aromatic heterocycles. The highest BCUT2D eigenvalue weighted by Gasteiger charge is 2.20. The lowest BCUT2D eigenvalue weighted by Gasteiger charge is -2.14. The summed E-state index contributed by atoms with van der Waals surface area (Å²) in [6.07, 6.45) is 0.489. The number of carbonyl (C=O) groups excluding carboxylic acids is 1. The van der Waals surface area contributed by atoms with E-state index in [1.165, 1.54) is 12.1 Å². The summed E-state index contributed by atoms with van der Waals surface area (Å²) in [5.41, 5.74) is 0.0325. The maximum Gasteiger partial charge on any atom is 0.273 e. The fourth-order valence-electron chi connectivity index (χ4n) is 1.66. The second-order valence-corrected chi connectivity index (χ2v) is 5.72. The van der Waals surface area contributed by atoms with E-state index in [1.807, 2.05) is 6.92 Å². The fraction of sp³-hybridized carbons (Fsp3) is 0.286. The monoisotopic (exact) mass is 322 g/mol. The first kappa shape index (κ1) is 16.2. The number of H-pyrrole nitrogens is 1. The Kier molecular flexibility index (Phi) is 5.26. The molecule has 8 heteroatoms. The summed E-state index contributed by atoms with van der Waals surface area (Å²) in [4.78, 5) is 26.3. The van der Waals surface area contributed by atoms with E-state index >= 15 is 0 Å². The van der Waals surface area contributed by atoms with Gasteiger partial charge in [0.15, 0.2) is 5.16 Å². The van der Waals surface area contributed by atoms with Gasteiger partial charge < -0.3 is 5.32 Å². The molecule has 1 aromatic carbocycles. The lowest BCUT2D eigenvalue weighted by molar-refractivity contribution is -0.115. The molecule has 2 N–H and O–H groups in total. The van der Waals surface area contributed by atoms with Crippen LogP contribution in [0.1, 0.15) is 19.0 Å². The Bertz CT molecular complexity index is 735. The third-order valence-corrected chi connectivity index (χ3v) is 4.13. The highest BCUT2D eigenvalue weighted by molar-refractivity contribution is 8.00. The number of benzene rings is 1. The van der Waals surface area contributed by atoms with Crippen molar-refractivity contribution in [1.29, 1.82) is 0 Å². The zero-order valence-corrected chi connectivity index (χ0v) is 12.9. The van der Waals surface area contributed by atoms with Crippen LogP contribution in [-0.4, -0.2) is 26.3 Å². The molecular weight excluding hydrogens is 307 g/mol. The van der Waals surface area contributed by atoms with Gasteiger partial charge in [0.2, 0.25) is 5.91 Å². The van der Waals surface area contributed by atoms with Gasteiger partial charge in [0.1, 0.15) is 11.5 Å². The van der Waals surface area contributed by atoms with Crippen LogP contribution in [-0.2, 0) is 4.79 Å². The van der Waals surface area contributed by atoms with Gasteiger partial charge in [0.25, 0.3) is 5.56 Å². The smallest absolute Gasteiger partial charge is 0.273 e. The molecule has 1 atom stereocenters. The van der Waals surface area contributed by atoms with Gasteiger partial charge in [-0.05, 0) is 25.5 Å². The number of aryl methyl sites for hydroxylation is 1. The van der Waals surface area contributed by atoms with Crippen molar-refractivity contribution >= 4 is 23.4 Å². The Hall–Kier alpha value is -2.22. The van der Waals surface area contributed by atoms with Crippen molar-refractivity contribution in [2.75, 3.05) is 5.32 Å². The van der Waals surface area contributed by atoms with Crippen molar-refractivity contribution in [2.45, 2.75) is 30.7 Å². The van der Waals surface area contributed by atoms with Crippen LogP contribution >= 0.6 is 11.8 Å². The lowest BCUT2D eigenvalue weighted by Crippen LogP contribution is -2.26. The van der Waals surface area contributed by atoms with Crippen LogP contribution in [0, 0.1) is 12.7 Å². The minimum absolute atomic E-state index is 0.120. The van der Waals surface area contributed by atoms with E-state index in [0.29, 0.717) is 6.42 Å². The molecular formula is C14H15FN4O2S. The van der Waals surface area contributed by atoms with Gasteiger partial charge in [-0.25, -0.2) is 4.39 Å². The van der Waals surface area contributed by atoms with Crippen LogP contribution in [0.15, 0.2) is 34.2 Å². The number of rotatable bonds is 5. The first-order valence-corrected chi connectivity index (χ1v) is 7.55. The van der Waals surface area contributed by atoms with Gasteiger partial charge in [0.05, 0.1) is 10.9 Å². The number of halogens is 1. The van der Waals surface area contributed by atoms with E-state index in [9.17, 15) is 14.0 Å². The zero-order chi connectivity index (χ0) is 16.1. The molecule has 6 nitrogen and oxygen atoms in total. The van der Waals surface area contributed by atoms with Crippen molar-refractivity contribution in [2.24, 2.45) is 0 Å². The summed E-state index contributed by atoms with van der Waals surface area (Å²) in [6, 6.07) is 5.93. The zero-order valence-electron chi connectivity index (χ0n) is 12.1. The van der Waals surface area contributed by atoms with Crippen molar-refractivity contribution in [3.8, 4) is 0 Å². The average Bonchev–Trinajstić information content (AvgIpc) is 2.50. The molecule has 0 aliphatic carbocycles. The van der Waals surface area contributed by atoms with Crippen molar-refractivity contribution in [1.82, 2.24) is 15.2 Å². The molecule has 0 saturated carbocycles. The molecule has 1 heterocycles. The van der Waals surface area contributed by atoms with E-state index in [2.05, 4.69) is 20.5 Å².